The van der Waals surface area contributed by atoms with E-state index in [0.717, 1.165) is 0 Å². The first-order chi connectivity index (χ1) is 7.47. The quantitative estimate of drug-likeness (QED) is 0.784. The Hall–Kier alpha value is -1.84. The van der Waals surface area contributed by atoms with Crippen molar-refractivity contribution >= 4 is 11.9 Å². The molecule has 4 nitrogen and oxygen atoms in total. The molecule has 1 amide bonds. The Kier molecular flexibility index (Phi) is 3.66. The second-order valence-corrected chi connectivity index (χ2v) is 3.94. The predicted molar refractivity (Wildman–Crippen MR) is 60.0 cm³/mol. The fourth-order valence-electron chi connectivity index (χ4n) is 1.25. The van der Waals surface area contributed by atoms with Crippen molar-refractivity contribution in [2.45, 2.75) is 19.4 Å². The van der Waals surface area contributed by atoms with Crippen LogP contribution in [0.2, 0.25) is 0 Å². The molecule has 0 saturated heterocycles. The summed E-state index contributed by atoms with van der Waals surface area (Å²) in [5, 5.41) is 2.61. The highest BCUT2D eigenvalue weighted by molar-refractivity contribution is 5.97. The first kappa shape index (κ1) is 12.2. The van der Waals surface area contributed by atoms with Crippen LogP contribution in [0.15, 0.2) is 30.3 Å². The van der Waals surface area contributed by atoms with Crippen molar-refractivity contribution < 1.29 is 14.3 Å². The highest BCUT2D eigenvalue weighted by Gasteiger charge is 2.30. The number of carbonyl (C=O) groups is 2. The number of rotatable bonds is 3. The second kappa shape index (κ2) is 4.79. The summed E-state index contributed by atoms with van der Waals surface area (Å²) in [5.74, 6) is -0.771. The third-order valence-electron chi connectivity index (χ3n) is 2.16. The summed E-state index contributed by atoms with van der Waals surface area (Å²) in [6.45, 7) is 3.19. The van der Waals surface area contributed by atoms with Crippen LogP contribution in [0, 0.1) is 0 Å². The first-order valence-corrected chi connectivity index (χ1v) is 4.93. The normalized spacial score (nSPS) is 10.7. The summed E-state index contributed by atoms with van der Waals surface area (Å²) in [6.07, 6.45) is 0. The Bertz CT molecular complexity index is 385. The van der Waals surface area contributed by atoms with Gasteiger partial charge in [-0.25, -0.2) is 4.79 Å². The smallest absolute Gasteiger partial charge is 0.330 e. The first-order valence-electron chi connectivity index (χ1n) is 4.93. The number of benzene rings is 1. The van der Waals surface area contributed by atoms with Crippen molar-refractivity contribution in [2.24, 2.45) is 0 Å². The van der Waals surface area contributed by atoms with Gasteiger partial charge in [-0.2, -0.15) is 0 Å². The van der Waals surface area contributed by atoms with E-state index in [2.05, 4.69) is 10.1 Å². The van der Waals surface area contributed by atoms with E-state index in [0.29, 0.717) is 5.56 Å². The van der Waals surface area contributed by atoms with Crippen LogP contribution in [0.1, 0.15) is 24.2 Å². The average molecular weight is 221 g/mol. The third-order valence-corrected chi connectivity index (χ3v) is 2.16. The summed E-state index contributed by atoms with van der Waals surface area (Å²) in [7, 11) is 1.29. The molecule has 1 aromatic carbocycles. The minimum atomic E-state index is -1.03. The van der Waals surface area contributed by atoms with Crippen LogP contribution in [0.4, 0.5) is 0 Å². The molecule has 0 aromatic heterocycles. The van der Waals surface area contributed by atoms with Crippen LogP contribution in [-0.2, 0) is 9.53 Å². The molecule has 0 saturated carbocycles. The molecule has 4 heteroatoms. The van der Waals surface area contributed by atoms with Crippen LogP contribution in [0.25, 0.3) is 0 Å². The largest absolute Gasteiger partial charge is 0.467 e. The van der Waals surface area contributed by atoms with Crippen molar-refractivity contribution in [3.8, 4) is 0 Å². The molecule has 0 spiro atoms. The molecule has 0 heterocycles. The second-order valence-electron chi connectivity index (χ2n) is 3.94. The molecular weight excluding hydrogens is 206 g/mol. The lowest BCUT2D eigenvalue weighted by Gasteiger charge is -2.22. The van der Waals surface area contributed by atoms with Gasteiger partial charge in [-0.05, 0) is 26.0 Å². The molecule has 1 N–H and O–H groups in total. The zero-order valence-corrected chi connectivity index (χ0v) is 9.61. The maximum absolute atomic E-state index is 11.8. The van der Waals surface area contributed by atoms with E-state index in [1.165, 1.54) is 7.11 Å². The van der Waals surface area contributed by atoms with Gasteiger partial charge in [0.25, 0.3) is 5.91 Å². The molecule has 86 valence electrons. The van der Waals surface area contributed by atoms with Gasteiger partial charge < -0.3 is 10.1 Å². The number of methoxy groups -OCH3 is 1. The fraction of sp³-hybridized carbons (Fsp3) is 0.333. The molecule has 16 heavy (non-hydrogen) atoms. The monoisotopic (exact) mass is 221 g/mol. The van der Waals surface area contributed by atoms with Gasteiger partial charge in [-0.1, -0.05) is 18.2 Å². The standard InChI is InChI=1S/C12H15NO3/c1-12(2,11(15)16-3)13-10(14)9-7-5-4-6-8-9/h4-8H,1-3H3,(H,13,14). The van der Waals surface area contributed by atoms with Crippen LogP contribution in [-0.4, -0.2) is 24.5 Å². The minimum absolute atomic E-state index is 0.295. The van der Waals surface area contributed by atoms with Gasteiger partial charge in [0.15, 0.2) is 0 Å². The van der Waals surface area contributed by atoms with Gasteiger partial charge in [0, 0.05) is 5.56 Å². The maximum Gasteiger partial charge on any atom is 0.330 e. The summed E-state index contributed by atoms with van der Waals surface area (Å²) in [5.41, 5.74) is -0.513. The zero-order valence-electron chi connectivity index (χ0n) is 9.61. The van der Waals surface area contributed by atoms with E-state index < -0.39 is 11.5 Å². The highest BCUT2D eigenvalue weighted by Crippen LogP contribution is 2.07. The summed E-state index contributed by atoms with van der Waals surface area (Å²) < 4.78 is 4.60. The number of hydrogen-bond acceptors (Lipinski definition) is 3. The van der Waals surface area contributed by atoms with Crippen LogP contribution < -0.4 is 5.32 Å². The van der Waals surface area contributed by atoms with Crippen LogP contribution >= 0.6 is 0 Å². The number of hydrogen-bond donors (Lipinski definition) is 1. The number of amides is 1. The van der Waals surface area contributed by atoms with Crippen molar-refractivity contribution in [3.05, 3.63) is 35.9 Å². The Morgan fingerprint density at radius 2 is 1.75 bits per heavy atom. The van der Waals surface area contributed by atoms with Gasteiger partial charge in [0.05, 0.1) is 7.11 Å². The van der Waals surface area contributed by atoms with Gasteiger partial charge in [0.2, 0.25) is 0 Å². The predicted octanol–water partition coefficient (Wildman–Crippen LogP) is 1.37. The molecule has 0 fully saturated rings. The van der Waals surface area contributed by atoms with Gasteiger partial charge in [0.1, 0.15) is 5.54 Å². The van der Waals surface area contributed by atoms with Crippen LogP contribution in [0.3, 0.4) is 0 Å². The molecule has 0 aliphatic rings. The molecule has 0 aliphatic heterocycles. The fourth-order valence-corrected chi connectivity index (χ4v) is 1.25. The summed E-state index contributed by atoms with van der Waals surface area (Å²) in [4.78, 5) is 23.1. The minimum Gasteiger partial charge on any atom is -0.467 e. The van der Waals surface area contributed by atoms with Crippen molar-refractivity contribution in [2.75, 3.05) is 7.11 Å². The third kappa shape index (κ3) is 2.82. The van der Waals surface area contributed by atoms with E-state index in [1.807, 2.05) is 6.07 Å². The molecule has 0 aliphatic carbocycles. The Morgan fingerprint density at radius 1 is 1.19 bits per heavy atom. The summed E-state index contributed by atoms with van der Waals surface area (Å²) in [6, 6.07) is 8.72. The molecule has 0 radical (unpaired) electrons. The Labute approximate surface area is 94.6 Å². The average Bonchev–Trinajstić information content (AvgIpc) is 2.28. The van der Waals surface area contributed by atoms with Crippen molar-refractivity contribution in [1.29, 1.82) is 0 Å². The van der Waals surface area contributed by atoms with E-state index in [4.69, 9.17) is 0 Å². The van der Waals surface area contributed by atoms with E-state index in [1.54, 1.807) is 38.1 Å². The molecule has 1 aromatic rings. The SMILES string of the molecule is COC(=O)C(C)(C)NC(=O)c1ccccc1. The zero-order chi connectivity index (χ0) is 12.2. The number of carbonyl (C=O) groups excluding carboxylic acids is 2. The lowest BCUT2D eigenvalue weighted by atomic mass is 10.1. The maximum atomic E-state index is 11.8. The van der Waals surface area contributed by atoms with Gasteiger partial charge >= 0.3 is 5.97 Å². The van der Waals surface area contributed by atoms with Gasteiger partial charge in [-0.15, -0.1) is 0 Å². The Balaban J connectivity index is 2.76. The van der Waals surface area contributed by atoms with E-state index in [9.17, 15) is 9.59 Å². The van der Waals surface area contributed by atoms with Crippen molar-refractivity contribution in [1.82, 2.24) is 5.32 Å². The summed E-state index contributed by atoms with van der Waals surface area (Å²) >= 11 is 0. The lowest BCUT2D eigenvalue weighted by molar-refractivity contribution is -0.146. The lowest BCUT2D eigenvalue weighted by Crippen LogP contribution is -2.50. The highest BCUT2D eigenvalue weighted by atomic mass is 16.5. The van der Waals surface area contributed by atoms with E-state index >= 15 is 0 Å². The number of nitrogens with one attached hydrogen (secondary N) is 1. The molecular formula is C12H15NO3. The number of esters is 1. The molecule has 1 rings (SSSR count). The molecule has 0 atom stereocenters. The van der Waals surface area contributed by atoms with Crippen molar-refractivity contribution in [3.63, 3.8) is 0 Å². The molecule has 0 unspecified atom stereocenters. The molecule has 0 bridgehead atoms. The topological polar surface area (TPSA) is 55.4 Å². The number of ether oxygens (including phenoxy) is 1. The van der Waals surface area contributed by atoms with Crippen LogP contribution in [0.5, 0.6) is 0 Å². The Morgan fingerprint density at radius 3 is 2.25 bits per heavy atom. The van der Waals surface area contributed by atoms with Gasteiger partial charge in [-0.3, -0.25) is 4.79 Å². The van der Waals surface area contributed by atoms with E-state index in [-0.39, 0.29) is 5.91 Å².